The number of phenolic OH excluding ortho intramolecular Hbond substituents is 4. The van der Waals surface area contributed by atoms with Gasteiger partial charge >= 0.3 is 11.3 Å². The molecular weight excluding hydrogens is 324 g/mol. The summed E-state index contributed by atoms with van der Waals surface area (Å²) >= 11 is 0. The number of aromatic hydroxyl groups is 4. The zero-order chi connectivity index (χ0) is 17.8. The molecule has 0 aliphatic carbocycles. The minimum Gasteiger partial charge on any atom is -0.504 e. The van der Waals surface area contributed by atoms with E-state index in [-0.39, 0.29) is 21.5 Å². The number of aliphatic hydroxyl groups excluding tert-OH is 1. The number of hydrogen-bond donors (Lipinski definition) is 5. The number of aliphatic hydroxyl groups is 1. The maximum atomic E-state index is 12.0. The topological polar surface area (TPSA) is 162 Å². The highest BCUT2D eigenvalue weighted by atomic mass is 16.4. The first kappa shape index (κ1) is 15.4. The monoisotopic (exact) mass is 334 g/mol. The normalized spacial score (nSPS) is 11.1. The van der Waals surface area contributed by atoms with Crippen LogP contribution in [0.1, 0.15) is 0 Å². The van der Waals surface area contributed by atoms with E-state index in [1.165, 1.54) is 0 Å². The highest BCUT2D eigenvalue weighted by Gasteiger charge is 2.24. The first-order valence-corrected chi connectivity index (χ1v) is 6.47. The molecular formula is C15H10O9. The van der Waals surface area contributed by atoms with Crippen molar-refractivity contribution in [1.82, 2.24) is 0 Å². The Bertz CT molecular complexity index is 1100. The molecule has 4 aromatic rings. The van der Waals surface area contributed by atoms with E-state index < -0.39 is 45.4 Å². The smallest absolute Gasteiger partial charge is 0.344 e. The molecule has 0 fully saturated rings. The quantitative estimate of drug-likeness (QED) is 0.179. The lowest BCUT2D eigenvalue weighted by atomic mass is 10.0. The van der Waals surface area contributed by atoms with Gasteiger partial charge in [-0.1, -0.05) is 0 Å². The van der Waals surface area contributed by atoms with Gasteiger partial charge in [-0.05, 0) is 12.1 Å². The molecule has 0 radical (unpaired) electrons. The van der Waals surface area contributed by atoms with E-state index in [1.807, 2.05) is 0 Å². The lowest BCUT2D eigenvalue weighted by Crippen LogP contribution is -2.06. The molecule has 0 saturated heterocycles. The molecule has 2 aromatic carbocycles. The van der Waals surface area contributed by atoms with E-state index in [9.17, 15) is 30.0 Å². The third-order valence-corrected chi connectivity index (χ3v) is 3.55. The summed E-state index contributed by atoms with van der Waals surface area (Å²) < 4.78 is 9.87. The number of hydrogen-bond acceptors (Lipinski definition) is 9. The van der Waals surface area contributed by atoms with E-state index in [1.54, 1.807) is 0 Å². The highest BCUT2D eigenvalue weighted by Crippen LogP contribution is 2.44. The minimum absolute atomic E-state index is 0.00597. The summed E-state index contributed by atoms with van der Waals surface area (Å²) in [7, 11) is 1.00. The molecule has 9 heteroatoms. The summed E-state index contributed by atoms with van der Waals surface area (Å²) in [4.78, 5) is 24.0. The molecule has 0 saturated carbocycles. The molecule has 24 heavy (non-hydrogen) atoms. The second-order valence-electron chi connectivity index (χ2n) is 4.77. The SMILES string of the molecule is CO.O=c1oc2c(O)c(O)cc3c(=O)oc4c(O)c(O)cc1c4c23. The Labute approximate surface area is 131 Å². The Morgan fingerprint density at radius 3 is 1.38 bits per heavy atom. The summed E-state index contributed by atoms with van der Waals surface area (Å²) in [6.45, 7) is 0. The van der Waals surface area contributed by atoms with Crippen LogP contribution >= 0.6 is 0 Å². The van der Waals surface area contributed by atoms with E-state index in [2.05, 4.69) is 0 Å². The predicted octanol–water partition coefficient (Wildman–Crippen LogP) is 0.921. The summed E-state index contributed by atoms with van der Waals surface area (Å²) in [6.07, 6.45) is 0. The van der Waals surface area contributed by atoms with Crippen LogP contribution in [0.2, 0.25) is 0 Å². The van der Waals surface area contributed by atoms with Gasteiger partial charge in [0.05, 0.1) is 10.8 Å². The van der Waals surface area contributed by atoms with Crippen molar-refractivity contribution < 1.29 is 34.4 Å². The van der Waals surface area contributed by atoms with E-state index in [0.29, 0.717) is 0 Å². The third kappa shape index (κ3) is 1.78. The van der Waals surface area contributed by atoms with Gasteiger partial charge in [0.25, 0.3) is 0 Å². The van der Waals surface area contributed by atoms with Crippen molar-refractivity contribution in [2.75, 3.05) is 7.11 Å². The van der Waals surface area contributed by atoms with Crippen LogP contribution < -0.4 is 11.3 Å². The van der Waals surface area contributed by atoms with Gasteiger partial charge in [-0.2, -0.15) is 0 Å². The Balaban J connectivity index is 0.000000815. The van der Waals surface area contributed by atoms with Gasteiger partial charge in [0, 0.05) is 17.9 Å². The highest BCUT2D eigenvalue weighted by molar-refractivity contribution is 6.22. The van der Waals surface area contributed by atoms with Crippen molar-refractivity contribution in [2.45, 2.75) is 0 Å². The Hall–Kier alpha value is -3.46. The standard InChI is InChI=1S/C14H6O8.CH4O/c15-5-1-3-7-8-4(14(20)22-11(7)9(5)17)2-6(16)10(18)12(8)21-13(3)19;1-2/h1-2,15-18H;2H,1H3. The van der Waals surface area contributed by atoms with Crippen LogP contribution in [0.3, 0.4) is 0 Å². The van der Waals surface area contributed by atoms with Crippen molar-refractivity contribution in [3.8, 4) is 23.0 Å². The molecule has 4 rings (SSSR count). The van der Waals surface area contributed by atoms with Gasteiger partial charge in [0.15, 0.2) is 22.7 Å². The van der Waals surface area contributed by atoms with Gasteiger partial charge < -0.3 is 34.4 Å². The molecule has 0 bridgehead atoms. The molecule has 0 atom stereocenters. The number of benzene rings is 2. The third-order valence-electron chi connectivity index (χ3n) is 3.55. The second-order valence-corrected chi connectivity index (χ2v) is 4.77. The Morgan fingerprint density at radius 2 is 1.04 bits per heavy atom. The van der Waals surface area contributed by atoms with Crippen molar-refractivity contribution in [1.29, 1.82) is 0 Å². The fraction of sp³-hybridized carbons (Fsp3) is 0.0667. The molecule has 0 unspecified atom stereocenters. The molecule has 5 N–H and O–H groups in total. The molecule has 9 nitrogen and oxygen atoms in total. The van der Waals surface area contributed by atoms with Crippen LogP contribution in [0.5, 0.6) is 23.0 Å². The van der Waals surface area contributed by atoms with Crippen LogP contribution in [0.4, 0.5) is 0 Å². The average Bonchev–Trinajstić information content (AvgIpc) is 2.57. The molecule has 124 valence electrons. The van der Waals surface area contributed by atoms with Gasteiger partial charge in [-0.25, -0.2) is 9.59 Å². The first-order valence-electron chi connectivity index (χ1n) is 6.47. The van der Waals surface area contributed by atoms with Crippen molar-refractivity contribution >= 4 is 32.7 Å². The van der Waals surface area contributed by atoms with Crippen molar-refractivity contribution in [3.05, 3.63) is 33.0 Å². The van der Waals surface area contributed by atoms with E-state index >= 15 is 0 Å². The zero-order valence-electron chi connectivity index (χ0n) is 12.0. The molecule has 0 amide bonds. The number of rotatable bonds is 0. The lowest BCUT2D eigenvalue weighted by Gasteiger charge is -2.10. The van der Waals surface area contributed by atoms with Gasteiger partial charge in [0.2, 0.25) is 11.5 Å². The molecule has 0 aliphatic heterocycles. The van der Waals surface area contributed by atoms with Crippen molar-refractivity contribution in [2.24, 2.45) is 0 Å². The largest absolute Gasteiger partial charge is 0.504 e. The fourth-order valence-corrected chi connectivity index (χ4v) is 2.58. The predicted molar refractivity (Wildman–Crippen MR) is 82.0 cm³/mol. The number of phenols is 4. The Morgan fingerprint density at radius 1 is 0.708 bits per heavy atom. The first-order chi connectivity index (χ1) is 11.4. The molecule has 2 heterocycles. The second kappa shape index (κ2) is 5.03. The van der Waals surface area contributed by atoms with Gasteiger partial charge in [-0.3, -0.25) is 0 Å². The van der Waals surface area contributed by atoms with Gasteiger partial charge in [-0.15, -0.1) is 0 Å². The van der Waals surface area contributed by atoms with E-state index in [4.69, 9.17) is 13.9 Å². The fourth-order valence-electron chi connectivity index (χ4n) is 2.58. The summed E-state index contributed by atoms with van der Waals surface area (Å²) in [5, 5.41) is 45.7. The van der Waals surface area contributed by atoms with E-state index in [0.717, 1.165) is 19.2 Å². The molecule has 0 aliphatic rings. The summed E-state index contributed by atoms with van der Waals surface area (Å²) in [5.74, 6) is -2.75. The zero-order valence-corrected chi connectivity index (χ0v) is 12.0. The minimum atomic E-state index is -0.941. The van der Waals surface area contributed by atoms with Crippen LogP contribution in [-0.2, 0) is 0 Å². The van der Waals surface area contributed by atoms with Gasteiger partial charge in [0.1, 0.15) is 0 Å². The average molecular weight is 334 g/mol. The molecule has 2 aromatic heterocycles. The van der Waals surface area contributed by atoms with Crippen LogP contribution in [0.25, 0.3) is 32.7 Å². The van der Waals surface area contributed by atoms with Crippen LogP contribution in [0, 0.1) is 0 Å². The maximum absolute atomic E-state index is 12.0. The Kier molecular flexibility index (Phi) is 3.24. The van der Waals surface area contributed by atoms with Crippen LogP contribution in [0.15, 0.2) is 30.6 Å². The van der Waals surface area contributed by atoms with Crippen molar-refractivity contribution in [3.63, 3.8) is 0 Å². The lowest BCUT2D eigenvalue weighted by molar-refractivity contribution is 0.395. The summed E-state index contributed by atoms with van der Waals surface area (Å²) in [6, 6.07) is 1.93. The van der Waals surface area contributed by atoms with Crippen LogP contribution in [-0.4, -0.2) is 32.6 Å². The maximum Gasteiger partial charge on any atom is 0.344 e. The summed E-state index contributed by atoms with van der Waals surface area (Å²) in [5.41, 5.74) is -2.70. The molecule has 0 spiro atoms.